The van der Waals surface area contributed by atoms with E-state index in [2.05, 4.69) is 5.32 Å². The van der Waals surface area contributed by atoms with E-state index in [-0.39, 0.29) is 0 Å². The lowest BCUT2D eigenvalue weighted by molar-refractivity contribution is 0.675. The van der Waals surface area contributed by atoms with E-state index in [0.717, 1.165) is 5.69 Å². The molecule has 0 aliphatic heterocycles. The molecule has 1 atom stereocenters. The lowest BCUT2D eigenvalue weighted by atomic mass is 10.3. The van der Waals surface area contributed by atoms with Crippen molar-refractivity contribution in [2.45, 2.75) is 11.8 Å². The van der Waals surface area contributed by atoms with E-state index in [1.54, 1.807) is 19.1 Å². The fraction of sp³-hybridized carbons (Fsp3) is 0.333. The fourth-order valence-corrected chi connectivity index (χ4v) is 1.92. The first-order valence-electron chi connectivity index (χ1n) is 4.14. The van der Waals surface area contributed by atoms with E-state index in [1.807, 2.05) is 19.2 Å². The third kappa shape index (κ3) is 2.21. The molecule has 0 amide bonds. The molecule has 0 radical (unpaired) electrons. The van der Waals surface area contributed by atoms with E-state index in [4.69, 9.17) is 4.78 Å². The summed E-state index contributed by atoms with van der Waals surface area (Å²) in [6, 6.07) is 7.15. The summed E-state index contributed by atoms with van der Waals surface area (Å²) in [5, 5.41) is 2.97. The van der Waals surface area contributed by atoms with Crippen molar-refractivity contribution in [3.63, 3.8) is 0 Å². The van der Waals surface area contributed by atoms with Crippen LogP contribution < -0.4 is 5.32 Å². The Morgan fingerprint density at radius 3 is 2.31 bits per heavy atom. The van der Waals surface area contributed by atoms with Gasteiger partial charge in [-0.05, 0) is 24.3 Å². The topological polar surface area (TPSA) is 53.0 Å². The minimum atomic E-state index is -2.55. The molecule has 0 aliphatic rings. The molecule has 0 heterocycles. The molecule has 3 nitrogen and oxygen atoms in total. The highest BCUT2D eigenvalue weighted by atomic mass is 32.2. The van der Waals surface area contributed by atoms with E-state index in [9.17, 15) is 4.21 Å². The fourth-order valence-electron chi connectivity index (χ4n) is 1.01. The molecule has 2 N–H and O–H groups in total. The minimum Gasteiger partial charge on any atom is -0.388 e. The predicted molar refractivity (Wildman–Crippen MR) is 55.7 cm³/mol. The van der Waals surface area contributed by atoms with Gasteiger partial charge in [0.1, 0.15) is 0 Å². The molecule has 0 bridgehead atoms. The Bertz CT molecular complexity index is 367. The predicted octanol–water partition coefficient (Wildman–Crippen LogP) is 2.15. The highest BCUT2D eigenvalue weighted by molar-refractivity contribution is 7.92. The van der Waals surface area contributed by atoms with Gasteiger partial charge in [-0.25, -0.2) is 8.99 Å². The first-order valence-corrected chi connectivity index (χ1v) is 5.87. The molecular weight excluding hydrogens is 184 g/mol. The second-order valence-corrected chi connectivity index (χ2v) is 5.14. The van der Waals surface area contributed by atoms with Gasteiger partial charge in [0.2, 0.25) is 0 Å². The summed E-state index contributed by atoms with van der Waals surface area (Å²) in [6.07, 6.45) is 0. The Kier molecular flexibility index (Phi) is 2.93. The van der Waals surface area contributed by atoms with Crippen LogP contribution in [0.4, 0.5) is 5.69 Å². The molecular formula is C9H14N2OS. The molecule has 13 heavy (non-hydrogen) atoms. The van der Waals surface area contributed by atoms with Gasteiger partial charge in [0.05, 0.1) is 9.73 Å². The highest BCUT2D eigenvalue weighted by Gasteiger charge is 2.05. The molecule has 0 spiro atoms. The van der Waals surface area contributed by atoms with E-state index in [0.29, 0.717) is 10.6 Å². The summed E-state index contributed by atoms with van der Waals surface area (Å²) in [5.41, 5.74) is 0.968. The van der Waals surface area contributed by atoms with E-state index in [1.165, 1.54) is 0 Å². The standard InChI is InChI=1S/C9H14N2OS/c1-3-13(10,12)9-6-4-8(11-2)5-7-9/h4-7,10-11H,3H2,1-2H3. The minimum absolute atomic E-state index is 0.367. The molecule has 0 saturated carbocycles. The van der Waals surface area contributed by atoms with Crippen LogP contribution in [0.25, 0.3) is 0 Å². The van der Waals surface area contributed by atoms with Gasteiger partial charge in [-0.1, -0.05) is 6.92 Å². The highest BCUT2D eigenvalue weighted by Crippen LogP contribution is 2.15. The molecule has 0 fully saturated rings. The van der Waals surface area contributed by atoms with Gasteiger partial charge >= 0.3 is 0 Å². The quantitative estimate of drug-likeness (QED) is 0.782. The van der Waals surface area contributed by atoms with Gasteiger partial charge in [-0.2, -0.15) is 0 Å². The average Bonchev–Trinajstić information content (AvgIpc) is 2.18. The molecule has 1 unspecified atom stereocenters. The molecule has 0 saturated heterocycles. The van der Waals surface area contributed by atoms with Gasteiger partial charge < -0.3 is 5.32 Å². The van der Waals surface area contributed by atoms with Gasteiger partial charge in [0, 0.05) is 23.4 Å². The van der Waals surface area contributed by atoms with Crippen LogP contribution in [0.1, 0.15) is 6.92 Å². The van der Waals surface area contributed by atoms with Crippen LogP contribution in [-0.4, -0.2) is 17.0 Å². The Hall–Kier alpha value is -1.03. The van der Waals surface area contributed by atoms with Crippen molar-refractivity contribution >= 4 is 15.4 Å². The maximum Gasteiger partial charge on any atom is 0.0723 e. The molecule has 1 aromatic carbocycles. The van der Waals surface area contributed by atoms with Crippen LogP contribution in [0.5, 0.6) is 0 Å². The van der Waals surface area contributed by atoms with Crippen LogP contribution in [-0.2, 0) is 9.73 Å². The van der Waals surface area contributed by atoms with E-state index < -0.39 is 9.73 Å². The Balaban J connectivity index is 3.06. The second-order valence-electron chi connectivity index (χ2n) is 2.74. The summed E-state index contributed by atoms with van der Waals surface area (Å²) in [6.45, 7) is 1.77. The smallest absolute Gasteiger partial charge is 0.0723 e. The van der Waals surface area contributed by atoms with Gasteiger partial charge in [0.25, 0.3) is 0 Å². The van der Waals surface area contributed by atoms with Crippen molar-refractivity contribution < 1.29 is 4.21 Å². The summed E-state index contributed by atoms with van der Waals surface area (Å²) >= 11 is 0. The first kappa shape index (κ1) is 10.1. The van der Waals surface area contributed by atoms with Gasteiger partial charge in [-0.3, -0.25) is 0 Å². The Morgan fingerprint density at radius 1 is 1.38 bits per heavy atom. The number of rotatable bonds is 3. The number of hydrogen-bond donors (Lipinski definition) is 2. The van der Waals surface area contributed by atoms with Crippen molar-refractivity contribution in [2.24, 2.45) is 0 Å². The van der Waals surface area contributed by atoms with Crippen molar-refractivity contribution in [1.82, 2.24) is 0 Å². The largest absolute Gasteiger partial charge is 0.388 e. The van der Waals surface area contributed by atoms with Crippen molar-refractivity contribution in [1.29, 1.82) is 4.78 Å². The zero-order chi connectivity index (χ0) is 9.90. The number of nitrogens with one attached hydrogen (secondary N) is 2. The molecule has 1 rings (SSSR count). The monoisotopic (exact) mass is 198 g/mol. The van der Waals surface area contributed by atoms with Crippen LogP contribution >= 0.6 is 0 Å². The normalized spacial score (nSPS) is 14.9. The van der Waals surface area contributed by atoms with Gasteiger partial charge in [-0.15, -0.1) is 0 Å². The third-order valence-electron chi connectivity index (χ3n) is 1.93. The Morgan fingerprint density at radius 2 is 1.92 bits per heavy atom. The summed E-state index contributed by atoms with van der Waals surface area (Å²) in [5.74, 6) is 0.367. The van der Waals surface area contributed by atoms with Gasteiger partial charge in [0.15, 0.2) is 0 Å². The van der Waals surface area contributed by atoms with Crippen LogP contribution in [0.2, 0.25) is 0 Å². The average molecular weight is 198 g/mol. The van der Waals surface area contributed by atoms with Crippen molar-refractivity contribution in [2.75, 3.05) is 18.1 Å². The first-order chi connectivity index (χ1) is 6.10. The second kappa shape index (κ2) is 3.79. The lowest BCUT2D eigenvalue weighted by Crippen LogP contribution is -2.01. The van der Waals surface area contributed by atoms with Crippen LogP contribution in [0, 0.1) is 4.78 Å². The summed E-state index contributed by atoms with van der Waals surface area (Å²) < 4.78 is 19.2. The SMILES string of the molecule is CCS(=N)(=O)c1ccc(NC)cc1. The molecule has 4 heteroatoms. The molecule has 0 aromatic heterocycles. The maximum absolute atomic E-state index is 11.6. The van der Waals surface area contributed by atoms with Crippen molar-refractivity contribution in [3.8, 4) is 0 Å². The van der Waals surface area contributed by atoms with Crippen LogP contribution in [0.15, 0.2) is 29.2 Å². The summed E-state index contributed by atoms with van der Waals surface area (Å²) in [7, 11) is -0.725. The lowest BCUT2D eigenvalue weighted by Gasteiger charge is -2.05. The summed E-state index contributed by atoms with van der Waals surface area (Å²) in [4.78, 5) is 0.606. The molecule has 0 aliphatic carbocycles. The molecule has 1 aromatic rings. The Labute approximate surface area is 79.1 Å². The number of benzene rings is 1. The zero-order valence-corrected chi connectivity index (χ0v) is 8.65. The number of anilines is 1. The van der Waals surface area contributed by atoms with E-state index >= 15 is 0 Å². The maximum atomic E-state index is 11.6. The number of hydrogen-bond acceptors (Lipinski definition) is 3. The third-order valence-corrected chi connectivity index (χ3v) is 3.78. The van der Waals surface area contributed by atoms with Crippen molar-refractivity contribution in [3.05, 3.63) is 24.3 Å². The molecule has 72 valence electrons. The zero-order valence-electron chi connectivity index (χ0n) is 7.83. The van der Waals surface area contributed by atoms with Crippen LogP contribution in [0.3, 0.4) is 0 Å².